The van der Waals surface area contributed by atoms with E-state index >= 15 is 0 Å². The van der Waals surface area contributed by atoms with E-state index in [1.165, 1.54) is 5.56 Å². The minimum Gasteiger partial charge on any atom is -0.483 e. The lowest BCUT2D eigenvalue weighted by atomic mass is 10.0. The average molecular weight is 407 g/mol. The number of carbonyl (C=O) groups is 2. The van der Waals surface area contributed by atoms with Crippen LogP contribution in [0.3, 0.4) is 0 Å². The second-order valence-corrected chi connectivity index (χ2v) is 7.06. The minimum absolute atomic E-state index is 0.0335. The Morgan fingerprint density at radius 3 is 2.53 bits per heavy atom. The van der Waals surface area contributed by atoms with E-state index in [2.05, 4.69) is 27.3 Å². The summed E-state index contributed by atoms with van der Waals surface area (Å²) in [4.78, 5) is 29.7. The molecular weight excluding hydrogens is 382 g/mol. The molecule has 1 amide bonds. The van der Waals surface area contributed by atoms with Crippen molar-refractivity contribution >= 4 is 18.2 Å². The van der Waals surface area contributed by atoms with Crippen LogP contribution in [0.2, 0.25) is 0 Å². The molecule has 8 nitrogen and oxygen atoms in total. The Morgan fingerprint density at radius 1 is 1.13 bits per heavy atom. The van der Waals surface area contributed by atoms with Crippen molar-refractivity contribution < 1.29 is 14.7 Å². The van der Waals surface area contributed by atoms with Crippen molar-refractivity contribution in [2.24, 2.45) is 0 Å². The summed E-state index contributed by atoms with van der Waals surface area (Å²) >= 11 is 0. The highest BCUT2D eigenvalue weighted by atomic mass is 16.3. The van der Waals surface area contributed by atoms with Gasteiger partial charge in [-0.05, 0) is 18.6 Å². The number of H-pyrrole nitrogens is 1. The van der Waals surface area contributed by atoms with Crippen molar-refractivity contribution in [3.8, 4) is 11.3 Å². The Morgan fingerprint density at radius 2 is 1.83 bits per heavy atom. The molecule has 0 saturated heterocycles. The van der Waals surface area contributed by atoms with Gasteiger partial charge in [-0.15, -0.1) is 0 Å². The molecule has 1 aromatic carbocycles. The van der Waals surface area contributed by atoms with E-state index in [-0.39, 0.29) is 12.4 Å². The number of hydrogen-bond donors (Lipinski definition) is 2. The number of carboxylic acid groups (broad SMARTS) is 1. The second-order valence-electron chi connectivity index (χ2n) is 7.06. The van der Waals surface area contributed by atoms with E-state index in [0.717, 1.165) is 29.8 Å². The monoisotopic (exact) mass is 407 g/mol. The summed E-state index contributed by atoms with van der Waals surface area (Å²) < 4.78 is 0. The van der Waals surface area contributed by atoms with E-state index in [4.69, 9.17) is 9.90 Å². The Bertz CT molecular complexity index is 1000. The van der Waals surface area contributed by atoms with Crippen LogP contribution in [0.25, 0.3) is 11.3 Å². The number of benzene rings is 1. The highest BCUT2D eigenvalue weighted by Crippen LogP contribution is 2.27. The zero-order chi connectivity index (χ0) is 21.5. The van der Waals surface area contributed by atoms with Crippen molar-refractivity contribution in [1.29, 1.82) is 0 Å². The van der Waals surface area contributed by atoms with Crippen LogP contribution in [0.4, 0.5) is 5.82 Å². The van der Waals surface area contributed by atoms with E-state index in [1.807, 2.05) is 54.2 Å². The van der Waals surface area contributed by atoms with Crippen LogP contribution in [0, 0.1) is 0 Å². The lowest BCUT2D eigenvalue weighted by Gasteiger charge is -2.23. The third-order valence-electron chi connectivity index (χ3n) is 4.99. The number of fused-ring (bicyclic) bond motifs is 1. The number of anilines is 1. The molecule has 2 aromatic heterocycles. The predicted molar refractivity (Wildman–Crippen MR) is 115 cm³/mol. The van der Waals surface area contributed by atoms with Crippen LogP contribution in [-0.2, 0) is 17.6 Å². The summed E-state index contributed by atoms with van der Waals surface area (Å²) in [6, 6.07) is 13.9. The molecule has 0 fully saturated rings. The first-order valence-corrected chi connectivity index (χ1v) is 9.67. The molecule has 0 saturated carbocycles. The van der Waals surface area contributed by atoms with Gasteiger partial charge in [-0.2, -0.15) is 5.10 Å². The molecule has 0 spiro atoms. The first kappa shape index (κ1) is 21.0. The molecule has 0 aliphatic carbocycles. The molecule has 8 heteroatoms. The van der Waals surface area contributed by atoms with Gasteiger partial charge >= 0.3 is 0 Å². The summed E-state index contributed by atoms with van der Waals surface area (Å²) in [5.41, 5.74) is 5.10. The lowest BCUT2D eigenvalue weighted by molar-refractivity contribution is -0.122. The van der Waals surface area contributed by atoms with Crippen LogP contribution in [0.5, 0.6) is 0 Å². The van der Waals surface area contributed by atoms with Gasteiger partial charge in [-0.25, -0.2) is 4.98 Å². The maximum absolute atomic E-state index is 13.1. The molecule has 0 unspecified atom stereocenters. The number of hydrogen-bond acceptors (Lipinski definition) is 5. The van der Waals surface area contributed by atoms with Gasteiger partial charge in [0.25, 0.3) is 12.4 Å². The van der Waals surface area contributed by atoms with Crippen LogP contribution in [-0.4, -0.2) is 64.8 Å². The SMILES string of the molecule is CN(C)c1ncccc1C(=O)N1CCc2[nH]nc(-c3ccccc3)c2CC1.O=CO. The Labute approximate surface area is 175 Å². The quantitative estimate of drug-likeness (QED) is 0.647. The van der Waals surface area contributed by atoms with Gasteiger partial charge in [0.05, 0.1) is 11.3 Å². The Kier molecular flexibility index (Phi) is 6.79. The topological polar surface area (TPSA) is 102 Å². The number of carbonyl (C=O) groups excluding carboxylic acids is 1. The summed E-state index contributed by atoms with van der Waals surface area (Å²) in [5, 5.41) is 14.6. The first-order valence-electron chi connectivity index (χ1n) is 9.67. The molecule has 4 rings (SSSR count). The Hall–Kier alpha value is -3.68. The van der Waals surface area contributed by atoms with Crippen LogP contribution >= 0.6 is 0 Å². The van der Waals surface area contributed by atoms with Crippen molar-refractivity contribution in [3.05, 3.63) is 65.5 Å². The van der Waals surface area contributed by atoms with Crippen molar-refractivity contribution in [3.63, 3.8) is 0 Å². The average Bonchev–Trinajstić information content (AvgIpc) is 3.05. The zero-order valence-corrected chi connectivity index (χ0v) is 17.1. The molecule has 3 aromatic rings. The number of pyridine rings is 1. The zero-order valence-electron chi connectivity index (χ0n) is 17.1. The van der Waals surface area contributed by atoms with Crippen molar-refractivity contribution in [2.45, 2.75) is 12.8 Å². The fourth-order valence-corrected chi connectivity index (χ4v) is 3.61. The molecule has 0 atom stereocenters. The molecule has 3 heterocycles. The lowest BCUT2D eigenvalue weighted by Crippen LogP contribution is -2.34. The number of amides is 1. The molecular formula is C22H25N5O3. The highest BCUT2D eigenvalue weighted by Gasteiger charge is 2.25. The number of rotatable bonds is 3. The standard InChI is InChI=1S/C21H23N5O.CH2O2/c1-25(2)20-17(9-6-12-22-20)21(27)26-13-10-16-18(11-14-26)23-24-19(16)15-7-4-3-5-8-15;2-1-3/h3-9,12H,10-11,13-14H2,1-2H3,(H,23,24);1H,(H,2,3). The number of aromatic nitrogens is 3. The van der Waals surface area contributed by atoms with Crippen molar-refractivity contribution in [1.82, 2.24) is 20.1 Å². The fourth-order valence-electron chi connectivity index (χ4n) is 3.61. The van der Waals surface area contributed by atoms with Gasteiger partial charge in [0, 0.05) is 56.6 Å². The number of nitrogens with zero attached hydrogens (tertiary/aromatic N) is 4. The van der Waals surface area contributed by atoms with Gasteiger partial charge in [0.15, 0.2) is 0 Å². The van der Waals surface area contributed by atoms with Gasteiger partial charge < -0.3 is 14.9 Å². The first-order chi connectivity index (χ1) is 14.6. The molecule has 1 aliphatic rings. The van der Waals surface area contributed by atoms with Crippen molar-refractivity contribution in [2.75, 3.05) is 32.1 Å². The normalized spacial score (nSPS) is 12.8. The van der Waals surface area contributed by atoms with Crippen LogP contribution in [0.1, 0.15) is 21.6 Å². The number of nitrogens with one attached hydrogen (secondary N) is 1. The summed E-state index contributed by atoms with van der Waals surface area (Å²) in [6.07, 6.45) is 3.29. The van der Waals surface area contributed by atoms with Crippen LogP contribution < -0.4 is 4.90 Å². The van der Waals surface area contributed by atoms with E-state index in [9.17, 15) is 4.79 Å². The third-order valence-corrected chi connectivity index (χ3v) is 4.99. The maximum Gasteiger partial charge on any atom is 0.290 e. The minimum atomic E-state index is -0.250. The smallest absolute Gasteiger partial charge is 0.290 e. The summed E-state index contributed by atoms with van der Waals surface area (Å²) in [7, 11) is 3.81. The second kappa shape index (κ2) is 9.69. The van der Waals surface area contributed by atoms with Crippen LogP contribution in [0.15, 0.2) is 48.7 Å². The van der Waals surface area contributed by atoms with E-state index < -0.39 is 0 Å². The molecule has 2 N–H and O–H groups in total. The molecule has 30 heavy (non-hydrogen) atoms. The van der Waals surface area contributed by atoms with Gasteiger partial charge in [0.1, 0.15) is 5.82 Å². The molecule has 0 bridgehead atoms. The Balaban J connectivity index is 0.000000806. The largest absolute Gasteiger partial charge is 0.483 e. The third kappa shape index (κ3) is 4.48. The molecule has 156 valence electrons. The van der Waals surface area contributed by atoms with E-state index in [1.54, 1.807) is 6.20 Å². The van der Waals surface area contributed by atoms with E-state index in [0.29, 0.717) is 24.5 Å². The van der Waals surface area contributed by atoms with Gasteiger partial charge in [-0.3, -0.25) is 14.7 Å². The maximum atomic E-state index is 13.1. The van der Waals surface area contributed by atoms with Gasteiger partial charge in [-0.1, -0.05) is 30.3 Å². The molecule has 1 aliphatic heterocycles. The number of aromatic amines is 1. The molecule has 0 radical (unpaired) electrons. The summed E-state index contributed by atoms with van der Waals surface area (Å²) in [6.45, 7) is 1.09. The van der Waals surface area contributed by atoms with Gasteiger partial charge in [0.2, 0.25) is 0 Å². The summed E-state index contributed by atoms with van der Waals surface area (Å²) in [5.74, 6) is 0.739. The highest BCUT2D eigenvalue weighted by molar-refractivity contribution is 5.98. The fraction of sp³-hybridized carbons (Fsp3) is 0.273. The predicted octanol–water partition coefficient (Wildman–Crippen LogP) is 2.48.